The number of Topliss-reactive ketones (excluding diaryl/α,β-unsaturated/α-hetero) is 1. The van der Waals surface area contributed by atoms with Crippen LogP contribution in [0.2, 0.25) is 0 Å². The summed E-state index contributed by atoms with van der Waals surface area (Å²) in [5, 5.41) is 2.98. The van der Waals surface area contributed by atoms with Crippen molar-refractivity contribution in [3.05, 3.63) is 17.0 Å². The lowest BCUT2D eigenvalue weighted by atomic mass is 9.93. The van der Waals surface area contributed by atoms with Gasteiger partial charge >= 0.3 is 0 Å². The summed E-state index contributed by atoms with van der Waals surface area (Å²) >= 11 is 0. The Kier molecular flexibility index (Phi) is 2.64. The lowest BCUT2D eigenvalue weighted by Crippen LogP contribution is -2.21. The molecule has 15 heavy (non-hydrogen) atoms. The number of rotatable bonds is 2. The van der Waals surface area contributed by atoms with Crippen LogP contribution in [0.25, 0.3) is 0 Å². The molecule has 0 unspecified atom stereocenters. The molecule has 3 N–H and O–H groups in total. The molecule has 1 aliphatic carbocycles. The number of hydrogen-bond donors (Lipinski definition) is 2. The number of anilines is 1. The predicted molar refractivity (Wildman–Crippen MR) is 56.5 cm³/mol. The Morgan fingerprint density at radius 3 is 2.93 bits per heavy atom. The normalized spacial score (nSPS) is 15.1. The second-order valence-corrected chi connectivity index (χ2v) is 3.66. The van der Waals surface area contributed by atoms with Gasteiger partial charge in [0.05, 0.1) is 17.0 Å². The van der Waals surface area contributed by atoms with E-state index in [0.717, 1.165) is 24.2 Å². The number of nitrogens with two attached hydrogens (primary N) is 1. The molecule has 1 aromatic heterocycles. The van der Waals surface area contributed by atoms with Gasteiger partial charge in [0.15, 0.2) is 5.78 Å². The van der Waals surface area contributed by atoms with E-state index in [4.69, 9.17) is 5.73 Å². The number of nitrogens with zero attached hydrogens (tertiary/aromatic N) is 2. The minimum absolute atomic E-state index is 0.140. The monoisotopic (exact) mass is 206 g/mol. The maximum atomic E-state index is 11.7. The first-order chi connectivity index (χ1) is 7.22. The number of aromatic nitrogens is 2. The zero-order valence-corrected chi connectivity index (χ0v) is 8.71. The first kappa shape index (κ1) is 10.0. The summed E-state index contributed by atoms with van der Waals surface area (Å²) < 4.78 is 0. The van der Waals surface area contributed by atoms with Crippen molar-refractivity contribution in [1.82, 2.24) is 15.3 Å². The van der Waals surface area contributed by atoms with Gasteiger partial charge in [0.25, 0.3) is 0 Å². The standard InChI is InChI=1S/C10H14N4O/c1-12-5-7-9-6(13-10(11)14-7)3-2-4-8(9)15/h12H,2-5H2,1H3,(H2,11,13,14). The van der Waals surface area contributed by atoms with Crippen molar-refractivity contribution in [3.63, 3.8) is 0 Å². The Morgan fingerprint density at radius 1 is 1.40 bits per heavy atom. The summed E-state index contributed by atoms with van der Waals surface area (Å²) in [6.07, 6.45) is 2.28. The van der Waals surface area contributed by atoms with Crippen molar-refractivity contribution >= 4 is 11.7 Å². The van der Waals surface area contributed by atoms with Gasteiger partial charge in [0.1, 0.15) is 0 Å². The fourth-order valence-corrected chi connectivity index (χ4v) is 1.92. The van der Waals surface area contributed by atoms with Crippen LogP contribution in [0, 0.1) is 0 Å². The van der Waals surface area contributed by atoms with Crippen LogP contribution in [-0.4, -0.2) is 22.8 Å². The van der Waals surface area contributed by atoms with Crippen LogP contribution < -0.4 is 11.1 Å². The molecule has 1 aromatic rings. The van der Waals surface area contributed by atoms with E-state index in [2.05, 4.69) is 15.3 Å². The number of carbonyl (C=O) groups is 1. The SMILES string of the molecule is CNCc1nc(N)nc2c1C(=O)CCC2. The molecule has 5 nitrogen and oxygen atoms in total. The second-order valence-electron chi connectivity index (χ2n) is 3.66. The van der Waals surface area contributed by atoms with E-state index >= 15 is 0 Å². The van der Waals surface area contributed by atoms with Crippen LogP contribution in [-0.2, 0) is 13.0 Å². The lowest BCUT2D eigenvalue weighted by molar-refractivity contribution is 0.0970. The molecule has 0 spiro atoms. The molecule has 5 heteroatoms. The highest BCUT2D eigenvalue weighted by atomic mass is 16.1. The van der Waals surface area contributed by atoms with E-state index < -0.39 is 0 Å². The first-order valence-corrected chi connectivity index (χ1v) is 5.05. The third-order valence-electron chi connectivity index (χ3n) is 2.52. The second kappa shape index (κ2) is 3.94. The molecule has 0 radical (unpaired) electrons. The molecule has 1 aliphatic rings. The molecule has 0 bridgehead atoms. The minimum atomic E-state index is 0.140. The van der Waals surface area contributed by atoms with Gasteiger partial charge in [-0.15, -0.1) is 0 Å². The minimum Gasteiger partial charge on any atom is -0.368 e. The highest BCUT2D eigenvalue weighted by molar-refractivity contribution is 5.99. The fraction of sp³-hybridized carbons (Fsp3) is 0.500. The van der Waals surface area contributed by atoms with Crippen molar-refractivity contribution in [1.29, 1.82) is 0 Å². The van der Waals surface area contributed by atoms with Gasteiger partial charge in [-0.3, -0.25) is 4.79 Å². The van der Waals surface area contributed by atoms with Gasteiger partial charge in [0.2, 0.25) is 5.95 Å². The van der Waals surface area contributed by atoms with E-state index in [1.807, 2.05) is 7.05 Å². The summed E-state index contributed by atoms with van der Waals surface area (Å²) in [6.45, 7) is 0.556. The smallest absolute Gasteiger partial charge is 0.220 e. The Morgan fingerprint density at radius 2 is 2.20 bits per heavy atom. The van der Waals surface area contributed by atoms with Crippen LogP contribution in [0.1, 0.15) is 34.6 Å². The highest BCUT2D eigenvalue weighted by Crippen LogP contribution is 2.22. The van der Waals surface area contributed by atoms with Crippen LogP contribution in [0.5, 0.6) is 0 Å². The molecule has 0 saturated heterocycles. The number of hydrogen-bond acceptors (Lipinski definition) is 5. The summed E-state index contributed by atoms with van der Waals surface area (Å²) in [5.74, 6) is 0.398. The van der Waals surface area contributed by atoms with Crippen molar-refractivity contribution in [2.75, 3.05) is 12.8 Å². The molecule has 1 heterocycles. The van der Waals surface area contributed by atoms with Crippen molar-refractivity contribution in [2.24, 2.45) is 0 Å². The zero-order valence-electron chi connectivity index (χ0n) is 8.71. The first-order valence-electron chi connectivity index (χ1n) is 5.05. The predicted octanol–water partition coefficient (Wildman–Crippen LogP) is 0.297. The molecule has 0 saturated carbocycles. The highest BCUT2D eigenvalue weighted by Gasteiger charge is 2.23. The van der Waals surface area contributed by atoms with Crippen LogP contribution >= 0.6 is 0 Å². The maximum Gasteiger partial charge on any atom is 0.220 e. The largest absolute Gasteiger partial charge is 0.368 e. The average Bonchev–Trinajstić information content (AvgIpc) is 2.17. The van der Waals surface area contributed by atoms with Gasteiger partial charge in [-0.25, -0.2) is 9.97 Å². The molecule has 80 valence electrons. The van der Waals surface area contributed by atoms with Gasteiger partial charge in [-0.1, -0.05) is 0 Å². The quantitative estimate of drug-likeness (QED) is 0.727. The van der Waals surface area contributed by atoms with Crippen LogP contribution in [0.15, 0.2) is 0 Å². The van der Waals surface area contributed by atoms with Crippen molar-refractivity contribution < 1.29 is 4.79 Å². The number of aryl methyl sites for hydroxylation is 1. The molecule has 0 aromatic carbocycles. The third-order valence-corrected chi connectivity index (χ3v) is 2.52. The zero-order chi connectivity index (χ0) is 10.8. The fourth-order valence-electron chi connectivity index (χ4n) is 1.92. The van der Waals surface area contributed by atoms with E-state index in [1.165, 1.54) is 0 Å². The van der Waals surface area contributed by atoms with Gasteiger partial charge in [-0.05, 0) is 19.9 Å². The molecular weight excluding hydrogens is 192 g/mol. The molecule has 0 aliphatic heterocycles. The molecule has 0 amide bonds. The lowest BCUT2D eigenvalue weighted by Gasteiger charge is -2.16. The van der Waals surface area contributed by atoms with Gasteiger partial charge < -0.3 is 11.1 Å². The average molecular weight is 206 g/mol. The van der Waals surface area contributed by atoms with E-state index in [9.17, 15) is 4.79 Å². The Bertz CT molecular complexity index is 403. The topological polar surface area (TPSA) is 80.9 Å². The number of nitrogen functional groups attached to an aromatic ring is 1. The van der Waals surface area contributed by atoms with Gasteiger partial charge in [0, 0.05) is 13.0 Å². The number of nitrogens with one attached hydrogen (secondary N) is 1. The third kappa shape index (κ3) is 1.83. The Labute approximate surface area is 88.1 Å². The molecule has 2 rings (SSSR count). The summed E-state index contributed by atoms with van der Waals surface area (Å²) in [6, 6.07) is 0. The number of fused-ring (bicyclic) bond motifs is 1. The summed E-state index contributed by atoms with van der Waals surface area (Å²) in [7, 11) is 1.82. The molecular formula is C10H14N4O. The van der Waals surface area contributed by atoms with Gasteiger partial charge in [-0.2, -0.15) is 0 Å². The van der Waals surface area contributed by atoms with E-state index in [0.29, 0.717) is 18.5 Å². The Balaban J connectivity index is 2.53. The van der Waals surface area contributed by atoms with E-state index in [1.54, 1.807) is 0 Å². The number of carbonyl (C=O) groups excluding carboxylic acids is 1. The molecule has 0 fully saturated rings. The van der Waals surface area contributed by atoms with E-state index in [-0.39, 0.29) is 11.7 Å². The molecule has 0 atom stereocenters. The summed E-state index contributed by atoms with van der Waals surface area (Å²) in [4.78, 5) is 20.0. The van der Waals surface area contributed by atoms with Crippen LogP contribution in [0.3, 0.4) is 0 Å². The van der Waals surface area contributed by atoms with Crippen molar-refractivity contribution in [3.8, 4) is 0 Å². The van der Waals surface area contributed by atoms with Crippen LogP contribution in [0.4, 0.5) is 5.95 Å². The number of ketones is 1. The van der Waals surface area contributed by atoms with Crippen molar-refractivity contribution in [2.45, 2.75) is 25.8 Å². The maximum absolute atomic E-state index is 11.7. The summed E-state index contributed by atoms with van der Waals surface area (Å²) in [5.41, 5.74) is 7.82. The Hall–Kier alpha value is -1.49.